The molecule has 0 fully saturated rings. The summed E-state index contributed by atoms with van der Waals surface area (Å²) in [5.41, 5.74) is -1.89. The number of nitro groups is 2. The second kappa shape index (κ2) is 6.18. The highest BCUT2D eigenvalue weighted by Crippen LogP contribution is 2.36. The molecule has 0 aliphatic carbocycles. The fourth-order valence-electron chi connectivity index (χ4n) is 2.22. The van der Waals surface area contributed by atoms with Gasteiger partial charge < -0.3 is 15.0 Å². The van der Waals surface area contributed by atoms with Crippen molar-refractivity contribution in [3.8, 4) is 0 Å². The van der Waals surface area contributed by atoms with Crippen molar-refractivity contribution >= 4 is 39.6 Å². The van der Waals surface area contributed by atoms with E-state index in [1.54, 1.807) is 0 Å². The Balaban J connectivity index is 3.02. The lowest BCUT2D eigenvalue weighted by Crippen LogP contribution is -2.21. The quantitative estimate of drug-likeness (QED) is 0.618. The Bertz CT molecular complexity index is 878. The molecule has 2 N–H and O–H groups in total. The van der Waals surface area contributed by atoms with Gasteiger partial charge in [0.2, 0.25) is 0 Å². The molecule has 0 saturated heterocycles. The van der Waals surface area contributed by atoms with Crippen LogP contribution in [0, 0.1) is 20.2 Å². The smallest absolute Gasteiger partial charge is 0.300 e. The Hall–Kier alpha value is -2.72. The van der Waals surface area contributed by atoms with Crippen LogP contribution in [-0.2, 0) is 7.05 Å². The van der Waals surface area contributed by atoms with Crippen molar-refractivity contribution in [2.75, 3.05) is 18.5 Å². The number of aryl methyl sites for hydroxylation is 1. The molecule has 1 aromatic heterocycles. The number of non-ortho nitro benzene ring substituents is 2. The number of nitrogens with zero attached hydrogens (tertiary/aromatic N) is 3. The lowest BCUT2D eigenvalue weighted by molar-refractivity contribution is -0.393. The zero-order chi connectivity index (χ0) is 17.3. The number of pyridine rings is 1. The van der Waals surface area contributed by atoms with Crippen molar-refractivity contribution < 1.29 is 15.0 Å². The molecule has 0 spiro atoms. The van der Waals surface area contributed by atoms with Crippen LogP contribution in [0.2, 0.25) is 5.02 Å². The number of halogens is 1. The summed E-state index contributed by atoms with van der Waals surface area (Å²) in [7, 11) is 1.28. The van der Waals surface area contributed by atoms with Crippen LogP contribution in [0.1, 0.15) is 0 Å². The number of benzene rings is 1. The summed E-state index contributed by atoms with van der Waals surface area (Å²) in [4.78, 5) is 32.8. The summed E-state index contributed by atoms with van der Waals surface area (Å²) < 4.78 is 0.962. The Kier molecular flexibility index (Phi) is 4.48. The van der Waals surface area contributed by atoms with E-state index in [0.29, 0.717) is 0 Å². The van der Waals surface area contributed by atoms with Gasteiger partial charge in [-0.1, -0.05) is 11.6 Å². The van der Waals surface area contributed by atoms with E-state index in [0.717, 1.165) is 16.7 Å². The average molecular weight is 343 g/mol. The molecule has 1 aromatic carbocycles. The van der Waals surface area contributed by atoms with Crippen molar-refractivity contribution in [2.45, 2.75) is 0 Å². The summed E-state index contributed by atoms with van der Waals surface area (Å²) in [6, 6.07) is 1.87. The van der Waals surface area contributed by atoms with Crippen LogP contribution in [-0.4, -0.2) is 32.7 Å². The largest absolute Gasteiger partial charge is 0.395 e. The number of aliphatic hydroxyl groups is 1. The van der Waals surface area contributed by atoms with Gasteiger partial charge in [-0.2, -0.15) is 0 Å². The SMILES string of the molecule is Cn1c(=O)c(Cl)c(NCCO)c2cc([N+](=O)[O-])cc([N+](=O)[O-])c21. The number of anilines is 1. The van der Waals surface area contributed by atoms with E-state index in [4.69, 9.17) is 16.7 Å². The molecule has 1 heterocycles. The first-order valence-electron chi connectivity index (χ1n) is 6.29. The maximum absolute atomic E-state index is 12.1. The number of rotatable bonds is 5. The fourth-order valence-corrected chi connectivity index (χ4v) is 2.52. The summed E-state index contributed by atoms with van der Waals surface area (Å²) >= 11 is 5.96. The maximum Gasteiger partial charge on any atom is 0.300 e. The molecule has 0 bridgehead atoms. The Morgan fingerprint density at radius 2 is 1.96 bits per heavy atom. The zero-order valence-electron chi connectivity index (χ0n) is 11.8. The van der Waals surface area contributed by atoms with Crippen LogP contribution in [0.3, 0.4) is 0 Å². The summed E-state index contributed by atoms with van der Waals surface area (Å²) in [6.07, 6.45) is 0. The molecule has 0 aliphatic heterocycles. The number of nitrogens with one attached hydrogen (secondary N) is 1. The van der Waals surface area contributed by atoms with E-state index in [-0.39, 0.29) is 34.8 Å². The van der Waals surface area contributed by atoms with Gasteiger partial charge in [0.15, 0.2) is 0 Å². The van der Waals surface area contributed by atoms with E-state index in [2.05, 4.69) is 5.32 Å². The van der Waals surface area contributed by atoms with Crippen LogP contribution in [0.15, 0.2) is 16.9 Å². The predicted molar refractivity (Wildman–Crippen MR) is 83.1 cm³/mol. The topological polar surface area (TPSA) is 141 Å². The van der Waals surface area contributed by atoms with Gasteiger partial charge in [0, 0.05) is 25.0 Å². The molecular formula is C12H11ClN4O6. The monoisotopic (exact) mass is 342 g/mol. The van der Waals surface area contributed by atoms with Crippen molar-refractivity contribution in [3.63, 3.8) is 0 Å². The van der Waals surface area contributed by atoms with E-state index >= 15 is 0 Å². The van der Waals surface area contributed by atoms with Crippen molar-refractivity contribution in [1.82, 2.24) is 4.57 Å². The van der Waals surface area contributed by atoms with Gasteiger partial charge in [-0.25, -0.2) is 0 Å². The Labute approximate surface area is 133 Å². The highest BCUT2D eigenvalue weighted by atomic mass is 35.5. The number of hydrogen-bond donors (Lipinski definition) is 2. The van der Waals surface area contributed by atoms with Gasteiger partial charge >= 0.3 is 5.69 Å². The number of aromatic nitrogens is 1. The number of nitro benzene ring substituents is 2. The van der Waals surface area contributed by atoms with Crippen LogP contribution in [0.4, 0.5) is 17.1 Å². The lowest BCUT2D eigenvalue weighted by atomic mass is 10.1. The zero-order valence-corrected chi connectivity index (χ0v) is 12.5. The fraction of sp³-hybridized carbons (Fsp3) is 0.250. The van der Waals surface area contributed by atoms with Gasteiger partial charge in [-0.15, -0.1) is 0 Å². The molecule has 2 rings (SSSR count). The van der Waals surface area contributed by atoms with Gasteiger partial charge in [-0.3, -0.25) is 25.0 Å². The normalized spacial score (nSPS) is 10.7. The van der Waals surface area contributed by atoms with Crippen LogP contribution < -0.4 is 10.9 Å². The molecule has 10 nitrogen and oxygen atoms in total. The van der Waals surface area contributed by atoms with Crippen molar-refractivity contribution in [2.24, 2.45) is 7.05 Å². The standard InChI is InChI=1S/C12H11ClN4O6/c1-15-11-7(10(14-2-3-18)9(13)12(15)19)4-6(16(20)21)5-8(11)17(22)23/h4-5,14,18H,2-3H2,1H3. The van der Waals surface area contributed by atoms with Gasteiger partial charge in [-0.05, 0) is 0 Å². The Morgan fingerprint density at radius 1 is 1.30 bits per heavy atom. The lowest BCUT2D eigenvalue weighted by Gasteiger charge is -2.13. The summed E-state index contributed by atoms with van der Waals surface area (Å²) in [6.45, 7) is -0.275. The second-order valence-electron chi connectivity index (χ2n) is 4.58. The van der Waals surface area contributed by atoms with Crippen LogP contribution in [0.25, 0.3) is 10.9 Å². The molecule has 0 amide bonds. The van der Waals surface area contributed by atoms with Crippen LogP contribution >= 0.6 is 11.6 Å². The molecule has 122 valence electrons. The summed E-state index contributed by atoms with van der Waals surface area (Å²) in [5.74, 6) is 0. The maximum atomic E-state index is 12.1. The summed E-state index contributed by atoms with van der Waals surface area (Å²) in [5, 5.41) is 33.6. The van der Waals surface area contributed by atoms with E-state index in [9.17, 15) is 25.0 Å². The third kappa shape index (κ3) is 2.81. The third-order valence-corrected chi connectivity index (χ3v) is 3.56. The van der Waals surface area contributed by atoms with Crippen molar-refractivity contribution in [3.05, 3.63) is 47.7 Å². The molecule has 0 unspecified atom stereocenters. The molecule has 0 saturated carbocycles. The highest BCUT2D eigenvalue weighted by molar-refractivity contribution is 6.34. The molecule has 0 atom stereocenters. The minimum Gasteiger partial charge on any atom is -0.395 e. The van der Waals surface area contributed by atoms with Gasteiger partial charge in [0.05, 0.1) is 28.2 Å². The first kappa shape index (κ1) is 16.6. The Morgan fingerprint density at radius 3 is 2.48 bits per heavy atom. The first-order valence-corrected chi connectivity index (χ1v) is 6.67. The minimum atomic E-state index is -0.807. The number of hydrogen-bond acceptors (Lipinski definition) is 7. The number of fused-ring (bicyclic) bond motifs is 1. The van der Waals surface area contributed by atoms with Crippen molar-refractivity contribution in [1.29, 1.82) is 0 Å². The molecule has 0 radical (unpaired) electrons. The first-order chi connectivity index (χ1) is 10.8. The minimum absolute atomic E-state index is 0.00520. The average Bonchev–Trinajstić information content (AvgIpc) is 2.51. The van der Waals surface area contributed by atoms with Crippen LogP contribution in [0.5, 0.6) is 0 Å². The molecule has 0 aliphatic rings. The van der Waals surface area contributed by atoms with E-state index < -0.39 is 26.8 Å². The van der Waals surface area contributed by atoms with Gasteiger partial charge in [0.25, 0.3) is 11.2 Å². The predicted octanol–water partition coefficient (Wildman–Crippen LogP) is 1.41. The molecule has 2 aromatic rings. The second-order valence-corrected chi connectivity index (χ2v) is 4.96. The van der Waals surface area contributed by atoms with E-state index in [1.807, 2.05) is 0 Å². The molecule has 23 heavy (non-hydrogen) atoms. The number of aliphatic hydroxyl groups excluding tert-OH is 1. The molecular weight excluding hydrogens is 332 g/mol. The van der Waals surface area contributed by atoms with E-state index in [1.165, 1.54) is 7.05 Å². The third-order valence-electron chi connectivity index (χ3n) is 3.21. The highest BCUT2D eigenvalue weighted by Gasteiger charge is 2.25. The van der Waals surface area contributed by atoms with Gasteiger partial charge in [0.1, 0.15) is 10.5 Å². The molecule has 11 heteroatoms.